The van der Waals surface area contributed by atoms with E-state index >= 15 is 0 Å². The summed E-state index contributed by atoms with van der Waals surface area (Å²) in [5.74, 6) is 2.74. The number of benzene rings is 1. The van der Waals surface area contributed by atoms with E-state index < -0.39 is 4.92 Å². The summed E-state index contributed by atoms with van der Waals surface area (Å²) in [4.78, 5) is 24.1. The number of hydrogen-bond donors (Lipinski definition) is 0. The molecular weight excluding hydrogens is 244 g/mol. The quantitative estimate of drug-likeness (QED) is 0.461. The number of hydrogen-bond acceptors (Lipinski definition) is 3. The van der Waals surface area contributed by atoms with Crippen LogP contribution < -0.4 is 0 Å². The van der Waals surface area contributed by atoms with Crippen LogP contribution in [0.1, 0.15) is 23.2 Å². The first-order valence-electron chi connectivity index (χ1n) is 6.09. The first-order valence-corrected chi connectivity index (χ1v) is 6.09. The zero-order valence-corrected chi connectivity index (χ0v) is 10.4. The molecule has 1 fully saturated rings. The lowest BCUT2D eigenvalue weighted by atomic mass is 10.1. The Hall–Kier alpha value is -2.35. The number of nitro benzene ring substituents is 1. The van der Waals surface area contributed by atoms with Gasteiger partial charge >= 0.3 is 0 Å². The monoisotopic (exact) mass is 258 g/mol. The SMILES string of the molecule is C#CCN(CC1CC1)C(=O)c1cccc([N+](=O)[O-])c1. The standard InChI is InChI=1S/C14H14N2O3/c1-2-8-15(10-11-6-7-11)14(17)12-4-3-5-13(9-12)16(18)19/h1,3-5,9,11H,6-8,10H2. The van der Waals surface area contributed by atoms with Crippen molar-refractivity contribution in [3.63, 3.8) is 0 Å². The predicted octanol–water partition coefficient (Wildman–Crippen LogP) is 2.08. The second-order valence-corrected chi connectivity index (χ2v) is 4.64. The van der Waals surface area contributed by atoms with Crippen LogP contribution in [0.2, 0.25) is 0 Å². The van der Waals surface area contributed by atoms with Gasteiger partial charge in [-0.25, -0.2) is 0 Å². The maximum atomic E-state index is 12.3. The fraction of sp³-hybridized carbons (Fsp3) is 0.357. The molecule has 5 heteroatoms. The maximum Gasteiger partial charge on any atom is 0.270 e. The van der Waals surface area contributed by atoms with Crippen LogP contribution in [-0.4, -0.2) is 28.8 Å². The van der Waals surface area contributed by atoms with Gasteiger partial charge in [-0.05, 0) is 24.8 Å². The third kappa shape index (κ3) is 3.32. The van der Waals surface area contributed by atoms with Gasteiger partial charge in [-0.15, -0.1) is 6.42 Å². The van der Waals surface area contributed by atoms with Crippen molar-refractivity contribution in [2.24, 2.45) is 5.92 Å². The third-order valence-electron chi connectivity index (χ3n) is 3.05. The van der Waals surface area contributed by atoms with Gasteiger partial charge in [0.1, 0.15) is 0 Å². The van der Waals surface area contributed by atoms with Crippen LogP contribution in [-0.2, 0) is 0 Å². The molecular formula is C14H14N2O3. The van der Waals surface area contributed by atoms with E-state index in [4.69, 9.17) is 6.42 Å². The molecule has 5 nitrogen and oxygen atoms in total. The largest absolute Gasteiger partial charge is 0.327 e. The Balaban J connectivity index is 2.17. The molecule has 1 aromatic carbocycles. The molecule has 1 aliphatic carbocycles. The summed E-state index contributed by atoms with van der Waals surface area (Å²) in [6.07, 6.45) is 7.50. The first-order chi connectivity index (χ1) is 9.11. The zero-order chi connectivity index (χ0) is 13.8. The molecule has 2 rings (SSSR count). The topological polar surface area (TPSA) is 63.5 Å². The van der Waals surface area contributed by atoms with Gasteiger partial charge in [0, 0.05) is 24.2 Å². The highest BCUT2D eigenvalue weighted by atomic mass is 16.6. The summed E-state index contributed by atoms with van der Waals surface area (Å²) in [5.41, 5.74) is 0.225. The van der Waals surface area contributed by atoms with E-state index in [0.29, 0.717) is 18.0 Å². The van der Waals surface area contributed by atoms with E-state index in [0.717, 1.165) is 12.8 Å². The third-order valence-corrected chi connectivity index (χ3v) is 3.05. The number of nitro groups is 1. The fourth-order valence-corrected chi connectivity index (χ4v) is 1.88. The van der Waals surface area contributed by atoms with Crippen LogP contribution in [0, 0.1) is 28.4 Å². The minimum Gasteiger partial charge on any atom is -0.327 e. The number of amides is 1. The molecule has 0 aromatic heterocycles. The van der Waals surface area contributed by atoms with Crippen LogP contribution in [0.4, 0.5) is 5.69 Å². The molecule has 0 aliphatic heterocycles. The van der Waals surface area contributed by atoms with E-state index in [-0.39, 0.29) is 18.1 Å². The number of carbonyl (C=O) groups excluding carboxylic acids is 1. The van der Waals surface area contributed by atoms with E-state index in [1.54, 1.807) is 11.0 Å². The molecule has 19 heavy (non-hydrogen) atoms. The van der Waals surface area contributed by atoms with Gasteiger partial charge in [-0.3, -0.25) is 14.9 Å². The molecule has 0 bridgehead atoms. The molecule has 98 valence electrons. The first kappa shape index (κ1) is 13.1. The highest BCUT2D eigenvalue weighted by Crippen LogP contribution is 2.30. The Bertz CT molecular complexity index is 544. The molecule has 1 saturated carbocycles. The molecule has 1 amide bonds. The van der Waals surface area contributed by atoms with E-state index in [9.17, 15) is 14.9 Å². The van der Waals surface area contributed by atoms with Gasteiger partial charge in [0.2, 0.25) is 0 Å². The summed E-state index contributed by atoms with van der Waals surface area (Å²) in [5, 5.41) is 10.7. The van der Waals surface area contributed by atoms with Gasteiger partial charge < -0.3 is 4.90 Å². The van der Waals surface area contributed by atoms with Crippen molar-refractivity contribution >= 4 is 11.6 Å². The van der Waals surface area contributed by atoms with Crippen molar-refractivity contribution in [2.75, 3.05) is 13.1 Å². The number of nitrogens with zero attached hydrogens (tertiary/aromatic N) is 2. The Labute approximate surface area is 111 Å². The van der Waals surface area contributed by atoms with Gasteiger partial charge in [-0.1, -0.05) is 12.0 Å². The Morgan fingerprint density at radius 3 is 2.84 bits per heavy atom. The molecule has 0 spiro atoms. The van der Waals surface area contributed by atoms with Crippen LogP contribution in [0.25, 0.3) is 0 Å². The number of non-ortho nitro benzene ring substituents is 1. The van der Waals surface area contributed by atoms with Crippen molar-refractivity contribution in [3.05, 3.63) is 39.9 Å². The number of carbonyl (C=O) groups is 1. The fourth-order valence-electron chi connectivity index (χ4n) is 1.88. The molecule has 0 heterocycles. The number of terminal acetylenes is 1. The van der Waals surface area contributed by atoms with Crippen molar-refractivity contribution in [1.29, 1.82) is 0 Å². The summed E-state index contributed by atoms with van der Waals surface area (Å²) in [6.45, 7) is 0.865. The molecule has 0 atom stereocenters. The van der Waals surface area contributed by atoms with Gasteiger partial charge in [-0.2, -0.15) is 0 Å². The lowest BCUT2D eigenvalue weighted by Crippen LogP contribution is -2.33. The molecule has 1 aliphatic rings. The minimum absolute atomic E-state index is 0.0853. The van der Waals surface area contributed by atoms with Gasteiger partial charge in [0.15, 0.2) is 0 Å². The van der Waals surface area contributed by atoms with Crippen LogP contribution in [0.3, 0.4) is 0 Å². The highest BCUT2D eigenvalue weighted by molar-refractivity contribution is 5.95. The summed E-state index contributed by atoms with van der Waals surface area (Å²) in [6, 6.07) is 5.74. The van der Waals surface area contributed by atoms with Crippen LogP contribution >= 0.6 is 0 Å². The van der Waals surface area contributed by atoms with E-state index in [1.807, 2.05) is 0 Å². The Morgan fingerprint density at radius 2 is 2.26 bits per heavy atom. The molecule has 0 radical (unpaired) electrons. The van der Waals surface area contributed by atoms with Crippen molar-refractivity contribution in [2.45, 2.75) is 12.8 Å². The number of rotatable bonds is 5. The smallest absolute Gasteiger partial charge is 0.270 e. The van der Waals surface area contributed by atoms with Crippen molar-refractivity contribution in [3.8, 4) is 12.3 Å². The molecule has 0 N–H and O–H groups in total. The Kier molecular flexibility index (Phi) is 3.81. The maximum absolute atomic E-state index is 12.3. The summed E-state index contributed by atoms with van der Waals surface area (Å²) < 4.78 is 0. The van der Waals surface area contributed by atoms with Crippen molar-refractivity contribution in [1.82, 2.24) is 4.90 Å². The normalized spacial score (nSPS) is 13.6. The van der Waals surface area contributed by atoms with E-state index in [2.05, 4.69) is 5.92 Å². The van der Waals surface area contributed by atoms with Gasteiger partial charge in [0.25, 0.3) is 11.6 Å². The lowest BCUT2D eigenvalue weighted by molar-refractivity contribution is -0.384. The minimum atomic E-state index is -0.511. The summed E-state index contributed by atoms with van der Waals surface area (Å²) >= 11 is 0. The average Bonchev–Trinajstić information content (AvgIpc) is 3.21. The Morgan fingerprint density at radius 1 is 1.53 bits per heavy atom. The van der Waals surface area contributed by atoms with Crippen LogP contribution in [0.15, 0.2) is 24.3 Å². The van der Waals surface area contributed by atoms with E-state index in [1.165, 1.54) is 18.2 Å². The van der Waals surface area contributed by atoms with Crippen LogP contribution in [0.5, 0.6) is 0 Å². The van der Waals surface area contributed by atoms with Gasteiger partial charge in [0.05, 0.1) is 11.5 Å². The predicted molar refractivity (Wildman–Crippen MR) is 70.6 cm³/mol. The van der Waals surface area contributed by atoms with Crippen molar-refractivity contribution < 1.29 is 9.72 Å². The lowest BCUT2D eigenvalue weighted by Gasteiger charge is -2.19. The molecule has 1 aromatic rings. The molecule has 0 unspecified atom stereocenters. The second-order valence-electron chi connectivity index (χ2n) is 4.64. The molecule has 0 saturated heterocycles. The second kappa shape index (κ2) is 5.53. The highest BCUT2D eigenvalue weighted by Gasteiger charge is 2.27. The summed E-state index contributed by atoms with van der Waals surface area (Å²) in [7, 11) is 0. The zero-order valence-electron chi connectivity index (χ0n) is 10.4. The average molecular weight is 258 g/mol.